The van der Waals surface area contributed by atoms with Gasteiger partial charge in [-0.1, -0.05) is 59.9 Å². The Morgan fingerprint density at radius 2 is 1.59 bits per heavy atom. The highest BCUT2D eigenvalue weighted by atomic mass is 32.1. The molecule has 2 heterocycles. The average Bonchev–Trinajstić information content (AvgIpc) is 3.31. The van der Waals surface area contributed by atoms with Gasteiger partial charge < -0.3 is 14.7 Å². The zero-order valence-electron chi connectivity index (χ0n) is 19.0. The van der Waals surface area contributed by atoms with Crippen LogP contribution in [0, 0.1) is 5.41 Å². The van der Waals surface area contributed by atoms with Gasteiger partial charge in [-0.3, -0.25) is 4.79 Å². The molecular weight excluding hydrogens is 444 g/mol. The first kappa shape index (κ1) is 22.2. The number of carboxylic acids is 1. The summed E-state index contributed by atoms with van der Waals surface area (Å²) in [4.78, 5) is 20.1. The van der Waals surface area contributed by atoms with Crippen molar-refractivity contribution in [2.24, 2.45) is 5.41 Å². The number of anilines is 1. The lowest BCUT2D eigenvalue weighted by Crippen LogP contribution is -2.46. The summed E-state index contributed by atoms with van der Waals surface area (Å²) in [6.07, 6.45) is 1.52. The van der Waals surface area contributed by atoms with Gasteiger partial charge in [-0.25, -0.2) is 4.98 Å². The Labute approximate surface area is 203 Å². The van der Waals surface area contributed by atoms with Gasteiger partial charge >= 0.3 is 5.97 Å². The first-order valence-corrected chi connectivity index (χ1v) is 12.2. The Bertz CT molecular complexity index is 1270. The van der Waals surface area contributed by atoms with Gasteiger partial charge in [0.1, 0.15) is 11.5 Å². The smallest absolute Gasteiger partial charge is 0.311 e. The highest BCUT2D eigenvalue weighted by Crippen LogP contribution is 2.43. The van der Waals surface area contributed by atoms with Gasteiger partial charge in [0, 0.05) is 18.7 Å². The number of carbonyl (C=O) groups is 1. The number of aromatic nitrogens is 1. The van der Waals surface area contributed by atoms with Crippen LogP contribution in [0.15, 0.2) is 84.9 Å². The number of thiazole rings is 1. The van der Waals surface area contributed by atoms with E-state index < -0.39 is 11.4 Å². The number of aliphatic carboxylic acids is 1. The number of ether oxygens (including phenoxy) is 1. The summed E-state index contributed by atoms with van der Waals surface area (Å²) in [7, 11) is 0. The van der Waals surface area contributed by atoms with Crippen molar-refractivity contribution in [2.45, 2.75) is 19.8 Å². The van der Waals surface area contributed by atoms with E-state index in [2.05, 4.69) is 17.0 Å². The van der Waals surface area contributed by atoms with Crippen LogP contribution in [-0.2, 0) is 4.79 Å². The number of benzene rings is 3. The first-order chi connectivity index (χ1) is 16.5. The molecule has 4 aromatic rings. The number of para-hydroxylation sites is 1. The summed E-state index contributed by atoms with van der Waals surface area (Å²) in [6.45, 7) is 3.11. The van der Waals surface area contributed by atoms with Crippen molar-refractivity contribution >= 4 is 22.4 Å². The molecule has 1 aliphatic heterocycles. The van der Waals surface area contributed by atoms with E-state index in [9.17, 15) is 9.90 Å². The number of piperidine rings is 1. The molecule has 6 heteroatoms. The zero-order valence-corrected chi connectivity index (χ0v) is 19.8. The van der Waals surface area contributed by atoms with Crippen LogP contribution in [0.25, 0.3) is 21.7 Å². The van der Waals surface area contributed by atoms with Crippen LogP contribution in [-0.4, -0.2) is 29.1 Å². The van der Waals surface area contributed by atoms with Gasteiger partial charge in [-0.05, 0) is 61.7 Å². The molecule has 1 N–H and O–H groups in total. The SMILES string of the molecule is CC1(C(=O)O)CCCN(c2nc(-c3ccc(Oc4ccccc4)cc3)c(-c3ccccc3)s2)C1. The van der Waals surface area contributed by atoms with E-state index in [0.29, 0.717) is 13.0 Å². The summed E-state index contributed by atoms with van der Waals surface area (Å²) < 4.78 is 5.95. The monoisotopic (exact) mass is 470 g/mol. The van der Waals surface area contributed by atoms with Crippen LogP contribution in [0.5, 0.6) is 11.5 Å². The fourth-order valence-electron chi connectivity index (χ4n) is 4.31. The molecule has 34 heavy (non-hydrogen) atoms. The molecule has 5 rings (SSSR count). The molecule has 172 valence electrons. The lowest BCUT2D eigenvalue weighted by atomic mass is 9.82. The summed E-state index contributed by atoms with van der Waals surface area (Å²) in [6, 6.07) is 27.9. The Morgan fingerprint density at radius 3 is 2.26 bits per heavy atom. The van der Waals surface area contributed by atoms with E-state index in [1.54, 1.807) is 11.3 Å². The van der Waals surface area contributed by atoms with Crippen molar-refractivity contribution in [3.63, 3.8) is 0 Å². The number of rotatable bonds is 6. The Hall–Kier alpha value is -3.64. The molecule has 1 aromatic heterocycles. The quantitative estimate of drug-likeness (QED) is 0.330. The fourth-order valence-corrected chi connectivity index (χ4v) is 5.43. The number of hydrogen-bond donors (Lipinski definition) is 1. The third-order valence-electron chi connectivity index (χ3n) is 6.24. The maximum Gasteiger partial charge on any atom is 0.311 e. The molecule has 1 aliphatic rings. The molecule has 1 unspecified atom stereocenters. The van der Waals surface area contributed by atoms with Crippen molar-refractivity contribution in [1.29, 1.82) is 0 Å². The van der Waals surface area contributed by atoms with Gasteiger partial charge in [0.15, 0.2) is 5.13 Å². The number of carboxylic acid groups (broad SMARTS) is 1. The molecule has 3 aromatic carbocycles. The van der Waals surface area contributed by atoms with Gasteiger partial charge in [0.05, 0.1) is 16.0 Å². The Kier molecular flexibility index (Phi) is 6.07. The van der Waals surface area contributed by atoms with Crippen LogP contribution < -0.4 is 9.64 Å². The summed E-state index contributed by atoms with van der Waals surface area (Å²) in [5.41, 5.74) is 2.25. The van der Waals surface area contributed by atoms with Gasteiger partial charge in [0.2, 0.25) is 0 Å². The molecule has 0 saturated carbocycles. The van der Waals surface area contributed by atoms with Crippen molar-refractivity contribution in [3.05, 3.63) is 84.9 Å². The van der Waals surface area contributed by atoms with E-state index in [-0.39, 0.29) is 0 Å². The molecule has 0 aliphatic carbocycles. The van der Waals surface area contributed by atoms with Crippen molar-refractivity contribution in [3.8, 4) is 33.2 Å². The lowest BCUT2D eigenvalue weighted by Gasteiger charge is -2.37. The normalized spacial score (nSPS) is 18.0. The van der Waals surface area contributed by atoms with Crippen LogP contribution in [0.1, 0.15) is 19.8 Å². The standard InChI is InChI=1S/C28H26N2O3S/c1-28(26(31)32)17-8-18-30(19-28)27-29-24(25(34-27)21-9-4-2-5-10-21)20-13-15-23(16-14-20)33-22-11-6-3-7-12-22/h2-7,9-16H,8,17-19H2,1H3,(H,31,32). The second kappa shape index (κ2) is 9.31. The topological polar surface area (TPSA) is 62.7 Å². The minimum atomic E-state index is -0.757. The van der Waals surface area contributed by atoms with E-state index in [4.69, 9.17) is 9.72 Å². The van der Waals surface area contributed by atoms with Crippen LogP contribution in [0.2, 0.25) is 0 Å². The molecular formula is C28H26N2O3S. The molecule has 1 atom stereocenters. The lowest BCUT2D eigenvalue weighted by molar-refractivity contribution is -0.148. The highest BCUT2D eigenvalue weighted by Gasteiger charge is 2.39. The van der Waals surface area contributed by atoms with Gasteiger partial charge in [-0.15, -0.1) is 0 Å². The average molecular weight is 471 g/mol. The molecule has 1 saturated heterocycles. The predicted octanol–water partition coefficient (Wildman–Crippen LogP) is 6.96. The molecule has 5 nitrogen and oxygen atoms in total. The Morgan fingerprint density at radius 1 is 0.941 bits per heavy atom. The maximum atomic E-state index is 11.9. The molecule has 0 amide bonds. The van der Waals surface area contributed by atoms with Crippen molar-refractivity contribution in [1.82, 2.24) is 4.98 Å². The molecule has 1 fully saturated rings. The molecule has 0 spiro atoms. The fraction of sp³-hybridized carbons (Fsp3) is 0.214. The van der Waals surface area contributed by atoms with Crippen molar-refractivity contribution < 1.29 is 14.6 Å². The largest absolute Gasteiger partial charge is 0.481 e. The highest BCUT2D eigenvalue weighted by molar-refractivity contribution is 7.19. The van der Waals surface area contributed by atoms with Crippen molar-refractivity contribution in [2.75, 3.05) is 18.0 Å². The predicted molar refractivity (Wildman–Crippen MR) is 137 cm³/mol. The van der Waals surface area contributed by atoms with E-state index in [0.717, 1.165) is 51.3 Å². The van der Waals surface area contributed by atoms with Crippen LogP contribution in [0.3, 0.4) is 0 Å². The summed E-state index contributed by atoms with van der Waals surface area (Å²) >= 11 is 1.62. The number of hydrogen-bond acceptors (Lipinski definition) is 5. The van der Waals surface area contributed by atoms with Crippen LogP contribution in [0.4, 0.5) is 5.13 Å². The number of nitrogens with zero attached hydrogens (tertiary/aromatic N) is 2. The minimum Gasteiger partial charge on any atom is -0.481 e. The Balaban J connectivity index is 1.49. The molecule has 0 bridgehead atoms. The maximum absolute atomic E-state index is 11.9. The second-order valence-corrected chi connectivity index (χ2v) is 9.85. The zero-order chi connectivity index (χ0) is 23.5. The first-order valence-electron chi connectivity index (χ1n) is 11.4. The van der Waals surface area contributed by atoms with Crippen LogP contribution >= 0.6 is 11.3 Å². The van der Waals surface area contributed by atoms with Gasteiger partial charge in [-0.2, -0.15) is 0 Å². The van der Waals surface area contributed by atoms with E-state index in [1.807, 2.05) is 79.7 Å². The summed E-state index contributed by atoms with van der Waals surface area (Å²) in [5, 5.41) is 10.6. The third-order valence-corrected chi connectivity index (χ3v) is 7.41. The molecule has 0 radical (unpaired) electrons. The van der Waals surface area contributed by atoms with E-state index in [1.165, 1.54) is 0 Å². The van der Waals surface area contributed by atoms with E-state index >= 15 is 0 Å². The second-order valence-electron chi connectivity index (χ2n) is 8.87. The summed E-state index contributed by atoms with van der Waals surface area (Å²) in [5.74, 6) is 0.814. The minimum absolute atomic E-state index is 0.466. The van der Waals surface area contributed by atoms with Gasteiger partial charge in [0.25, 0.3) is 0 Å². The third kappa shape index (κ3) is 4.54.